The second-order valence-corrected chi connectivity index (χ2v) is 4.58. The Balaban J connectivity index is 2.08. The first-order valence-corrected chi connectivity index (χ1v) is 6.02. The third-order valence-corrected chi connectivity index (χ3v) is 2.56. The summed E-state index contributed by atoms with van der Waals surface area (Å²) in [5.74, 6) is 1.87. The van der Waals surface area contributed by atoms with Crippen LogP contribution in [0.15, 0.2) is 18.2 Å². The fourth-order valence-electron chi connectivity index (χ4n) is 1.69. The van der Waals surface area contributed by atoms with E-state index in [1.807, 2.05) is 25.1 Å². The number of rotatable bonds is 3. The Morgan fingerprint density at radius 2 is 2.19 bits per heavy atom. The number of ether oxygens (including phenoxy) is 1. The summed E-state index contributed by atoms with van der Waals surface area (Å²) >= 11 is 4.29. The number of nitrogens with zero attached hydrogens (tertiary/aromatic N) is 2. The van der Waals surface area contributed by atoms with Crippen LogP contribution in [0.1, 0.15) is 6.92 Å². The van der Waals surface area contributed by atoms with Gasteiger partial charge in [-0.1, -0.05) is 6.07 Å². The highest BCUT2D eigenvalue weighted by atomic mass is 32.1. The number of hydrogen-bond donors (Lipinski definition) is 2. The molecule has 1 aromatic rings. The van der Waals surface area contributed by atoms with Crippen molar-refractivity contribution in [2.45, 2.75) is 12.3 Å². The Bertz CT molecular complexity index is 340. The Hall–Kier alpha value is -0.940. The molecule has 4 nitrogen and oxygen atoms in total. The summed E-state index contributed by atoms with van der Waals surface area (Å²) in [7, 11) is 0. The maximum Gasteiger partial charge on any atom is 0.131 e. The van der Waals surface area contributed by atoms with Gasteiger partial charge in [0.1, 0.15) is 11.6 Å². The zero-order chi connectivity index (χ0) is 11.4. The minimum Gasteiger partial charge on any atom is -0.378 e. The lowest BCUT2D eigenvalue weighted by molar-refractivity contribution is 0.122. The summed E-state index contributed by atoms with van der Waals surface area (Å²) in [5, 5.41) is 3.28. The van der Waals surface area contributed by atoms with Gasteiger partial charge in [-0.25, -0.2) is 4.98 Å². The van der Waals surface area contributed by atoms with E-state index >= 15 is 0 Å². The molecule has 0 saturated carbocycles. The van der Waals surface area contributed by atoms with Crippen molar-refractivity contribution in [3.05, 3.63) is 18.2 Å². The molecule has 1 saturated heterocycles. The van der Waals surface area contributed by atoms with Crippen molar-refractivity contribution < 1.29 is 4.74 Å². The molecule has 2 heterocycles. The van der Waals surface area contributed by atoms with Crippen LogP contribution >= 0.6 is 12.6 Å². The molecule has 1 N–H and O–H groups in total. The summed E-state index contributed by atoms with van der Waals surface area (Å²) < 4.78 is 5.32. The van der Waals surface area contributed by atoms with Crippen LogP contribution in [0.4, 0.5) is 11.6 Å². The van der Waals surface area contributed by atoms with E-state index in [1.165, 1.54) is 0 Å². The molecule has 0 aliphatic carbocycles. The number of nitrogens with one attached hydrogen (secondary N) is 1. The predicted molar refractivity (Wildman–Crippen MR) is 69.3 cm³/mol. The predicted octanol–water partition coefficient (Wildman–Crippen LogP) is 1.61. The highest BCUT2D eigenvalue weighted by molar-refractivity contribution is 7.81. The molecular weight excluding hydrogens is 222 g/mol. The van der Waals surface area contributed by atoms with Crippen LogP contribution in [0.3, 0.4) is 0 Å². The third-order valence-electron chi connectivity index (χ3n) is 2.43. The molecule has 16 heavy (non-hydrogen) atoms. The monoisotopic (exact) mass is 239 g/mol. The summed E-state index contributed by atoms with van der Waals surface area (Å²) in [4.78, 5) is 6.78. The van der Waals surface area contributed by atoms with Gasteiger partial charge in [0.15, 0.2) is 0 Å². The number of thiol groups is 1. The molecule has 2 rings (SSSR count). The molecule has 0 radical (unpaired) electrons. The van der Waals surface area contributed by atoms with Gasteiger partial charge in [0, 0.05) is 13.1 Å². The molecule has 1 aliphatic rings. The number of morpholine rings is 1. The smallest absolute Gasteiger partial charge is 0.131 e. The lowest BCUT2D eigenvalue weighted by atomic mass is 10.3. The van der Waals surface area contributed by atoms with Crippen molar-refractivity contribution in [1.82, 2.24) is 4.98 Å². The van der Waals surface area contributed by atoms with Gasteiger partial charge in [-0.3, -0.25) is 0 Å². The fourth-order valence-corrected chi connectivity index (χ4v) is 1.82. The van der Waals surface area contributed by atoms with Crippen LogP contribution in [0.25, 0.3) is 0 Å². The molecule has 0 bridgehead atoms. The summed E-state index contributed by atoms with van der Waals surface area (Å²) in [5.41, 5.74) is 0. The molecule has 1 unspecified atom stereocenters. The summed E-state index contributed by atoms with van der Waals surface area (Å²) in [6.45, 7) is 5.36. The van der Waals surface area contributed by atoms with Gasteiger partial charge in [-0.05, 0) is 19.1 Å². The zero-order valence-electron chi connectivity index (χ0n) is 9.39. The quantitative estimate of drug-likeness (QED) is 0.621. The maximum absolute atomic E-state index is 5.32. The zero-order valence-corrected chi connectivity index (χ0v) is 10.3. The van der Waals surface area contributed by atoms with Gasteiger partial charge in [-0.2, -0.15) is 12.6 Å². The van der Waals surface area contributed by atoms with Crippen LogP contribution in [-0.4, -0.2) is 36.7 Å². The second-order valence-electron chi connectivity index (χ2n) is 3.80. The van der Waals surface area contributed by atoms with Crippen molar-refractivity contribution in [2.75, 3.05) is 36.5 Å². The molecule has 0 spiro atoms. The standard InChI is InChI=1S/C11H17N3OS/c1-9(16)12-10-3-2-4-11(13-10)14-5-7-15-8-6-14/h2-4,9,16H,5-8H2,1H3,(H,12,13). The van der Waals surface area contributed by atoms with Crippen LogP contribution in [0, 0.1) is 0 Å². The molecule has 88 valence electrons. The van der Waals surface area contributed by atoms with E-state index in [4.69, 9.17) is 4.74 Å². The van der Waals surface area contributed by atoms with Crippen LogP contribution in [0.2, 0.25) is 0 Å². The van der Waals surface area contributed by atoms with E-state index in [9.17, 15) is 0 Å². The van der Waals surface area contributed by atoms with Crippen molar-refractivity contribution in [3.63, 3.8) is 0 Å². The lowest BCUT2D eigenvalue weighted by Crippen LogP contribution is -2.36. The van der Waals surface area contributed by atoms with Crippen molar-refractivity contribution in [2.24, 2.45) is 0 Å². The van der Waals surface area contributed by atoms with Crippen molar-refractivity contribution >= 4 is 24.3 Å². The first-order valence-electron chi connectivity index (χ1n) is 5.50. The van der Waals surface area contributed by atoms with E-state index in [1.54, 1.807) is 0 Å². The molecule has 1 atom stereocenters. The van der Waals surface area contributed by atoms with Gasteiger partial charge in [-0.15, -0.1) is 0 Å². The third kappa shape index (κ3) is 3.02. The fraction of sp³-hybridized carbons (Fsp3) is 0.545. The topological polar surface area (TPSA) is 37.4 Å². The minimum absolute atomic E-state index is 0.104. The van der Waals surface area contributed by atoms with Crippen LogP contribution < -0.4 is 10.2 Å². The average molecular weight is 239 g/mol. The summed E-state index contributed by atoms with van der Waals surface area (Å²) in [6.07, 6.45) is 0. The molecule has 0 amide bonds. The van der Waals surface area contributed by atoms with E-state index in [2.05, 4.69) is 27.8 Å². The number of hydrogen-bond acceptors (Lipinski definition) is 5. The Kier molecular flexibility index (Phi) is 3.90. The van der Waals surface area contributed by atoms with E-state index in [-0.39, 0.29) is 5.37 Å². The molecule has 0 aromatic carbocycles. The Labute approximate surface area is 101 Å². The van der Waals surface area contributed by atoms with Crippen molar-refractivity contribution in [3.8, 4) is 0 Å². The first kappa shape index (κ1) is 11.5. The minimum atomic E-state index is 0.104. The highest BCUT2D eigenvalue weighted by Crippen LogP contribution is 2.16. The average Bonchev–Trinajstić information content (AvgIpc) is 2.30. The van der Waals surface area contributed by atoms with Crippen LogP contribution in [-0.2, 0) is 4.74 Å². The van der Waals surface area contributed by atoms with Crippen molar-refractivity contribution in [1.29, 1.82) is 0 Å². The lowest BCUT2D eigenvalue weighted by Gasteiger charge is -2.28. The van der Waals surface area contributed by atoms with Gasteiger partial charge < -0.3 is 15.0 Å². The Morgan fingerprint density at radius 3 is 2.88 bits per heavy atom. The first-order chi connectivity index (χ1) is 7.75. The number of anilines is 2. The maximum atomic E-state index is 5.32. The van der Waals surface area contributed by atoms with Gasteiger partial charge in [0.25, 0.3) is 0 Å². The van der Waals surface area contributed by atoms with E-state index in [0.29, 0.717) is 0 Å². The molecule has 5 heteroatoms. The molecule has 1 aromatic heterocycles. The largest absolute Gasteiger partial charge is 0.378 e. The SMILES string of the molecule is CC(S)Nc1cccc(N2CCOCC2)n1. The van der Waals surface area contributed by atoms with E-state index in [0.717, 1.165) is 37.9 Å². The molecule has 1 aliphatic heterocycles. The van der Waals surface area contributed by atoms with Crippen LogP contribution in [0.5, 0.6) is 0 Å². The van der Waals surface area contributed by atoms with E-state index < -0.39 is 0 Å². The summed E-state index contributed by atoms with van der Waals surface area (Å²) in [6, 6.07) is 5.99. The van der Waals surface area contributed by atoms with Gasteiger partial charge in [0.05, 0.1) is 18.6 Å². The van der Waals surface area contributed by atoms with Gasteiger partial charge >= 0.3 is 0 Å². The number of pyridine rings is 1. The van der Waals surface area contributed by atoms with Gasteiger partial charge in [0.2, 0.25) is 0 Å². The molecule has 1 fully saturated rings. The number of aromatic nitrogens is 1. The Morgan fingerprint density at radius 1 is 1.44 bits per heavy atom. The normalized spacial score (nSPS) is 18.2. The molecular formula is C11H17N3OS. The second kappa shape index (κ2) is 5.41. The highest BCUT2D eigenvalue weighted by Gasteiger charge is 2.12.